The molecule has 0 unspecified atom stereocenters. The van der Waals surface area contributed by atoms with Crippen molar-refractivity contribution in [2.45, 2.75) is 56.2 Å². The van der Waals surface area contributed by atoms with Gasteiger partial charge in [0.1, 0.15) is 5.70 Å². The summed E-state index contributed by atoms with van der Waals surface area (Å²) in [5.74, 6) is -2.47. The van der Waals surface area contributed by atoms with Crippen molar-refractivity contribution in [1.82, 2.24) is 20.0 Å². The zero-order valence-electron chi connectivity index (χ0n) is 19.9. The number of aliphatic carboxylic acids is 1. The van der Waals surface area contributed by atoms with Gasteiger partial charge < -0.3 is 41.1 Å². The zero-order chi connectivity index (χ0) is 25.6. The number of carbonyl (C=O) groups is 3. The fourth-order valence-corrected chi connectivity index (χ4v) is 7.11. The van der Waals surface area contributed by atoms with Gasteiger partial charge in [-0.3, -0.25) is 15.0 Å². The number of thioether (sulfide) groups is 1. The van der Waals surface area contributed by atoms with Crippen LogP contribution in [0.4, 0.5) is 0 Å². The van der Waals surface area contributed by atoms with Crippen LogP contribution < -0.4 is 11.1 Å². The maximum atomic E-state index is 12.7. The zero-order valence-corrected chi connectivity index (χ0v) is 20.7. The lowest BCUT2D eigenvalue weighted by molar-refractivity contribution is -0.163. The smallest absolute Gasteiger partial charge is 0.353 e. The first kappa shape index (κ1) is 25.7. The highest BCUT2D eigenvalue weighted by atomic mass is 32.2. The lowest BCUT2D eigenvalue weighted by atomic mass is 9.79. The number of aliphatic hydroxyl groups is 2. The molecule has 194 valence electrons. The van der Waals surface area contributed by atoms with Crippen LogP contribution in [-0.2, 0) is 14.4 Å². The van der Waals surface area contributed by atoms with Gasteiger partial charge in [-0.15, -0.1) is 11.8 Å². The van der Waals surface area contributed by atoms with E-state index in [1.54, 1.807) is 16.7 Å². The number of amides is 2. The molecule has 0 aromatic heterocycles. The number of nitrogens with two attached hydrogens (primary N) is 1. The van der Waals surface area contributed by atoms with E-state index < -0.39 is 24.1 Å². The summed E-state index contributed by atoms with van der Waals surface area (Å²) in [5.41, 5.74) is 5.49. The van der Waals surface area contributed by atoms with Gasteiger partial charge in [0.2, 0.25) is 11.8 Å². The fraction of sp³-hybridized carbons (Fsp3) is 0.727. The molecule has 3 fully saturated rings. The SMILES string of the molecule is C[C@@H](O)[C@H]1C(=O)N2C(C(=O)O)=C(S[C@@H]3CN[C@H]([C@H](O)CC(=O)N4CCN(C(=N)N)CC4)C3)[C@H](C)[C@H]12. The van der Waals surface area contributed by atoms with E-state index in [2.05, 4.69) is 5.32 Å². The summed E-state index contributed by atoms with van der Waals surface area (Å²) >= 11 is 1.41. The second kappa shape index (κ2) is 9.96. The second-order valence-electron chi connectivity index (χ2n) is 9.79. The topological polar surface area (TPSA) is 184 Å². The number of piperazine rings is 1. The van der Waals surface area contributed by atoms with E-state index in [9.17, 15) is 29.7 Å². The maximum Gasteiger partial charge on any atom is 0.353 e. The summed E-state index contributed by atoms with van der Waals surface area (Å²) in [4.78, 5) is 42.5. The first-order valence-corrected chi connectivity index (χ1v) is 12.8. The number of nitrogens with zero attached hydrogens (tertiary/aromatic N) is 3. The van der Waals surface area contributed by atoms with Crippen molar-refractivity contribution in [3.8, 4) is 0 Å². The Kier molecular flexibility index (Phi) is 7.32. The van der Waals surface area contributed by atoms with Crippen LogP contribution >= 0.6 is 11.8 Å². The van der Waals surface area contributed by atoms with E-state index in [1.165, 1.54) is 16.7 Å². The molecule has 0 aromatic rings. The largest absolute Gasteiger partial charge is 0.477 e. The van der Waals surface area contributed by atoms with Crippen molar-refractivity contribution in [1.29, 1.82) is 5.41 Å². The third-order valence-corrected chi connectivity index (χ3v) is 9.06. The van der Waals surface area contributed by atoms with E-state index in [4.69, 9.17) is 11.1 Å². The highest BCUT2D eigenvalue weighted by molar-refractivity contribution is 8.03. The van der Waals surface area contributed by atoms with Crippen LogP contribution in [0, 0.1) is 17.2 Å². The Balaban J connectivity index is 1.33. The third kappa shape index (κ3) is 4.74. The summed E-state index contributed by atoms with van der Waals surface area (Å²) < 4.78 is 0. The Morgan fingerprint density at radius 3 is 2.43 bits per heavy atom. The Bertz CT molecular complexity index is 935. The summed E-state index contributed by atoms with van der Waals surface area (Å²) in [5, 5.41) is 41.2. The minimum Gasteiger partial charge on any atom is -0.477 e. The maximum absolute atomic E-state index is 12.7. The van der Waals surface area contributed by atoms with E-state index in [-0.39, 0.29) is 53.1 Å². The average Bonchev–Trinajstić information content (AvgIpc) is 3.35. The minimum atomic E-state index is -1.16. The molecule has 3 saturated heterocycles. The number of β-lactam (4-membered cyclic amide) rings is 1. The molecular weight excluding hydrogens is 476 g/mol. The van der Waals surface area contributed by atoms with Crippen LogP contribution in [-0.4, -0.2) is 116 Å². The average molecular weight is 511 g/mol. The lowest BCUT2D eigenvalue weighted by Crippen LogP contribution is -2.63. The second-order valence-corrected chi connectivity index (χ2v) is 11.1. The standard InChI is InChI=1S/C22H34N6O6S/c1-10-17-16(11(2)29)20(32)28(17)18(21(33)34)19(10)35-12-7-13(25-9-12)14(30)8-15(31)26-3-5-27(6-4-26)22(23)24/h10-14,16-17,25,29-30H,3-9H2,1-2H3,(H3,23,24)(H,33,34)/t10-,11-,12+,13+,14-,16-,17-/m1/s1. The molecule has 0 radical (unpaired) electrons. The molecule has 13 heteroatoms. The van der Waals surface area contributed by atoms with E-state index in [0.29, 0.717) is 44.0 Å². The number of carboxylic acids is 1. The van der Waals surface area contributed by atoms with Gasteiger partial charge >= 0.3 is 5.97 Å². The highest BCUT2D eigenvalue weighted by Crippen LogP contribution is 2.51. The summed E-state index contributed by atoms with van der Waals surface area (Å²) in [7, 11) is 0. The van der Waals surface area contributed by atoms with Gasteiger partial charge in [0.15, 0.2) is 5.96 Å². The van der Waals surface area contributed by atoms with Crippen LogP contribution in [0.3, 0.4) is 0 Å². The van der Waals surface area contributed by atoms with Gasteiger partial charge in [0, 0.05) is 54.8 Å². The van der Waals surface area contributed by atoms with Crippen LogP contribution in [0.15, 0.2) is 10.6 Å². The number of fused-ring (bicyclic) bond motifs is 1. The fourth-order valence-electron chi connectivity index (χ4n) is 5.62. The van der Waals surface area contributed by atoms with Crippen molar-refractivity contribution in [2.75, 3.05) is 32.7 Å². The number of hydrogen-bond acceptors (Lipinski definition) is 8. The first-order chi connectivity index (χ1) is 16.5. The molecule has 7 N–H and O–H groups in total. The molecule has 4 aliphatic heterocycles. The molecule has 4 heterocycles. The Morgan fingerprint density at radius 1 is 1.23 bits per heavy atom. The first-order valence-electron chi connectivity index (χ1n) is 11.9. The summed E-state index contributed by atoms with van der Waals surface area (Å²) in [6.07, 6.45) is -1.19. The Morgan fingerprint density at radius 2 is 1.86 bits per heavy atom. The molecule has 0 aliphatic carbocycles. The van der Waals surface area contributed by atoms with E-state index in [1.807, 2.05) is 6.92 Å². The van der Waals surface area contributed by atoms with Crippen LogP contribution in [0.5, 0.6) is 0 Å². The van der Waals surface area contributed by atoms with Gasteiger partial charge in [-0.2, -0.15) is 0 Å². The van der Waals surface area contributed by atoms with Crippen molar-refractivity contribution < 1.29 is 29.7 Å². The molecule has 0 bridgehead atoms. The monoisotopic (exact) mass is 510 g/mol. The quantitative estimate of drug-likeness (QED) is 0.132. The number of guanidine groups is 1. The van der Waals surface area contributed by atoms with Crippen molar-refractivity contribution in [2.24, 2.45) is 17.6 Å². The number of aliphatic hydroxyl groups excluding tert-OH is 2. The van der Waals surface area contributed by atoms with Gasteiger partial charge in [0.25, 0.3) is 0 Å². The van der Waals surface area contributed by atoms with Crippen molar-refractivity contribution in [3.05, 3.63) is 10.6 Å². The number of carboxylic acid groups (broad SMARTS) is 1. The van der Waals surface area contributed by atoms with Crippen LogP contribution in [0.1, 0.15) is 26.7 Å². The minimum absolute atomic E-state index is 0.00159. The third-order valence-electron chi connectivity index (χ3n) is 7.55. The van der Waals surface area contributed by atoms with Gasteiger partial charge in [-0.25, -0.2) is 4.79 Å². The Hall–Kier alpha value is -2.35. The predicted molar refractivity (Wildman–Crippen MR) is 128 cm³/mol. The van der Waals surface area contributed by atoms with E-state index in [0.717, 1.165) is 0 Å². The molecule has 7 atom stereocenters. The van der Waals surface area contributed by atoms with Gasteiger partial charge in [0.05, 0.1) is 30.6 Å². The molecule has 35 heavy (non-hydrogen) atoms. The molecule has 2 amide bonds. The molecule has 0 aromatic carbocycles. The number of nitrogens with one attached hydrogen (secondary N) is 2. The Labute approximate surface area is 208 Å². The molecule has 0 saturated carbocycles. The molecule has 0 spiro atoms. The van der Waals surface area contributed by atoms with Crippen molar-refractivity contribution >= 4 is 35.5 Å². The molecular formula is C22H34N6O6S. The summed E-state index contributed by atoms with van der Waals surface area (Å²) in [6, 6.07) is -0.655. The van der Waals surface area contributed by atoms with Crippen molar-refractivity contribution in [3.63, 3.8) is 0 Å². The number of hydrogen-bond donors (Lipinski definition) is 6. The predicted octanol–water partition coefficient (Wildman–Crippen LogP) is -1.61. The summed E-state index contributed by atoms with van der Waals surface area (Å²) in [6.45, 7) is 5.87. The van der Waals surface area contributed by atoms with Crippen LogP contribution in [0.2, 0.25) is 0 Å². The van der Waals surface area contributed by atoms with E-state index >= 15 is 0 Å². The highest BCUT2D eigenvalue weighted by Gasteiger charge is 2.60. The molecule has 4 aliphatic rings. The number of rotatable bonds is 7. The van der Waals surface area contributed by atoms with Gasteiger partial charge in [-0.1, -0.05) is 6.92 Å². The van der Waals surface area contributed by atoms with Gasteiger partial charge in [-0.05, 0) is 13.3 Å². The number of carbonyl (C=O) groups excluding carboxylic acids is 2. The molecule has 12 nitrogen and oxygen atoms in total. The molecule has 4 rings (SSSR count). The normalized spacial score (nSPS) is 32.4. The van der Waals surface area contributed by atoms with Crippen LogP contribution in [0.25, 0.3) is 0 Å². The lowest BCUT2D eigenvalue weighted by Gasteiger charge is -2.46.